The molecule has 0 saturated heterocycles. The molecular weight excluding hydrogens is 318 g/mol. The lowest BCUT2D eigenvalue weighted by Crippen LogP contribution is -1.80. The molecule has 24 heavy (non-hydrogen) atoms. The Morgan fingerprint density at radius 3 is 2.46 bits per heavy atom. The number of rotatable bonds is 3. The van der Waals surface area contributed by atoms with E-state index in [1.807, 2.05) is 89.7 Å². The Morgan fingerprint density at radius 1 is 0.917 bits per heavy atom. The van der Waals surface area contributed by atoms with Crippen molar-refractivity contribution in [2.45, 2.75) is 0 Å². The quantitative estimate of drug-likeness (QED) is 0.462. The first-order valence-corrected chi connectivity index (χ1v) is 7.99. The minimum atomic E-state index is 0.726. The van der Waals surface area contributed by atoms with E-state index in [1.54, 1.807) is 0 Å². The average Bonchev–Trinajstić information content (AvgIpc) is 3.06. The Kier molecular flexibility index (Phi) is 3.85. The Bertz CT molecular complexity index is 966. The van der Waals surface area contributed by atoms with Crippen molar-refractivity contribution < 1.29 is 0 Å². The number of hydrogen-bond donors (Lipinski definition) is 0. The highest BCUT2D eigenvalue weighted by Crippen LogP contribution is 2.22. The van der Waals surface area contributed by atoms with Gasteiger partial charge >= 0.3 is 0 Å². The first-order valence-electron chi connectivity index (χ1n) is 7.62. The van der Waals surface area contributed by atoms with E-state index in [0.29, 0.717) is 0 Å². The van der Waals surface area contributed by atoms with Crippen molar-refractivity contribution in [3.8, 4) is 11.3 Å². The summed E-state index contributed by atoms with van der Waals surface area (Å²) in [6, 6.07) is 21.6. The molecular formula is C20H14ClN3. The zero-order valence-electron chi connectivity index (χ0n) is 12.8. The van der Waals surface area contributed by atoms with Gasteiger partial charge in [-0.3, -0.25) is 4.99 Å². The van der Waals surface area contributed by atoms with Gasteiger partial charge in [0.2, 0.25) is 0 Å². The second-order valence-corrected chi connectivity index (χ2v) is 5.89. The van der Waals surface area contributed by atoms with Crippen LogP contribution in [0.1, 0.15) is 5.56 Å². The molecule has 116 valence electrons. The van der Waals surface area contributed by atoms with E-state index in [2.05, 4.69) is 9.98 Å². The maximum atomic E-state index is 5.88. The Labute approximate surface area is 144 Å². The molecule has 4 rings (SSSR count). The van der Waals surface area contributed by atoms with E-state index in [9.17, 15) is 0 Å². The van der Waals surface area contributed by atoms with E-state index >= 15 is 0 Å². The minimum Gasteiger partial charge on any atom is -0.306 e. The van der Waals surface area contributed by atoms with Crippen molar-refractivity contribution >= 4 is 29.2 Å². The van der Waals surface area contributed by atoms with Gasteiger partial charge in [0.1, 0.15) is 5.65 Å². The van der Waals surface area contributed by atoms with Crippen LogP contribution in [0.15, 0.2) is 84.1 Å². The average molecular weight is 332 g/mol. The van der Waals surface area contributed by atoms with E-state index in [1.165, 1.54) is 0 Å². The first-order chi connectivity index (χ1) is 11.8. The van der Waals surface area contributed by atoms with Gasteiger partial charge in [0, 0.05) is 29.2 Å². The first kappa shape index (κ1) is 14.7. The van der Waals surface area contributed by atoms with Crippen LogP contribution in [0.2, 0.25) is 5.02 Å². The minimum absolute atomic E-state index is 0.726. The lowest BCUT2D eigenvalue weighted by molar-refractivity contribution is 1.19. The maximum Gasteiger partial charge on any atom is 0.137 e. The second kappa shape index (κ2) is 6.30. The summed E-state index contributed by atoms with van der Waals surface area (Å²) in [6.07, 6.45) is 5.86. The summed E-state index contributed by atoms with van der Waals surface area (Å²) in [6.45, 7) is 0. The Morgan fingerprint density at radius 2 is 1.71 bits per heavy atom. The summed E-state index contributed by atoms with van der Waals surface area (Å²) in [7, 11) is 0. The maximum absolute atomic E-state index is 5.88. The molecule has 4 heteroatoms. The van der Waals surface area contributed by atoms with Gasteiger partial charge in [0.15, 0.2) is 0 Å². The van der Waals surface area contributed by atoms with Crippen LogP contribution >= 0.6 is 11.6 Å². The number of aromatic nitrogens is 2. The van der Waals surface area contributed by atoms with E-state index in [4.69, 9.17) is 11.6 Å². The molecule has 0 amide bonds. The van der Waals surface area contributed by atoms with Gasteiger partial charge in [-0.05, 0) is 42.0 Å². The van der Waals surface area contributed by atoms with Gasteiger partial charge in [-0.15, -0.1) is 0 Å². The molecule has 0 N–H and O–H groups in total. The van der Waals surface area contributed by atoms with Crippen LogP contribution in [-0.4, -0.2) is 15.6 Å². The van der Waals surface area contributed by atoms with E-state index in [0.717, 1.165) is 33.2 Å². The normalized spacial score (nSPS) is 11.4. The molecule has 2 aromatic heterocycles. The fraction of sp³-hybridized carbons (Fsp3) is 0. The van der Waals surface area contributed by atoms with Crippen LogP contribution in [0, 0.1) is 0 Å². The molecule has 0 saturated carbocycles. The van der Waals surface area contributed by atoms with Gasteiger partial charge in [0.25, 0.3) is 0 Å². The summed E-state index contributed by atoms with van der Waals surface area (Å²) in [5, 5.41) is 0.726. The predicted molar refractivity (Wildman–Crippen MR) is 99.3 cm³/mol. The highest BCUT2D eigenvalue weighted by atomic mass is 35.5. The number of hydrogen-bond acceptors (Lipinski definition) is 2. The van der Waals surface area contributed by atoms with Gasteiger partial charge in [-0.1, -0.05) is 41.9 Å². The molecule has 4 aromatic rings. The third kappa shape index (κ3) is 3.07. The van der Waals surface area contributed by atoms with Crippen LogP contribution in [0.5, 0.6) is 0 Å². The van der Waals surface area contributed by atoms with Crippen LogP contribution in [0.25, 0.3) is 16.9 Å². The van der Waals surface area contributed by atoms with Gasteiger partial charge in [-0.2, -0.15) is 0 Å². The molecule has 2 heterocycles. The fourth-order valence-electron chi connectivity index (χ4n) is 2.49. The molecule has 0 aliphatic heterocycles. The number of halogens is 1. The van der Waals surface area contributed by atoms with E-state index < -0.39 is 0 Å². The summed E-state index contributed by atoms with van der Waals surface area (Å²) in [4.78, 5) is 9.12. The zero-order chi connectivity index (χ0) is 16.4. The molecule has 0 radical (unpaired) electrons. The smallest absolute Gasteiger partial charge is 0.137 e. The zero-order valence-corrected chi connectivity index (χ0v) is 13.6. The molecule has 0 spiro atoms. The monoisotopic (exact) mass is 331 g/mol. The molecule has 2 aromatic carbocycles. The van der Waals surface area contributed by atoms with Gasteiger partial charge in [0.05, 0.1) is 11.4 Å². The Balaban J connectivity index is 1.57. The van der Waals surface area contributed by atoms with Crippen molar-refractivity contribution in [1.82, 2.24) is 9.38 Å². The van der Waals surface area contributed by atoms with Crippen molar-refractivity contribution in [2.75, 3.05) is 0 Å². The van der Waals surface area contributed by atoms with Crippen molar-refractivity contribution in [3.05, 3.63) is 89.7 Å². The summed E-state index contributed by atoms with van der Waals surface area (Å²) < 4.78 is 2.02. The lowest BCUT2D eigenvalue weighted by Gasteiger charge is -1.98. The number of fused-ring (bicyclic) bond motifs is 1. The van der Waals surface area contributed by atoms with Crippen LogP contribution < -0.4 is 0 Å². The van der Waals surface area contributed by atoms with E-state index in [-0.39, 0.29) is 0 Å². The molecule has 0 unspecified atom stereocenters. The molecule has 3 nitrogen and oxygen atoms in total. The Hall–Kier alpha value is -2.91. The third-order valence-electron chi connectivity index (χ3n) is 3.76. The number of benzene rings is 2. The van der Waals surface area contributed by atoms with Crippen molar-refractivity contribution in [1.29, 1.82) is 0 Å². The number of aliphatic imine (C=N–C) groups is 1. The molecule has 0 aliphatic carbocycles. The number of pyridine rings is 1. The van der Waals surface area contributed by atoms with Crippen molar-refractivity contribution in [2.24, 2.45) is 4.99 Å². The standard InChI is InChI=1S/C20H14ClN3/c21-17-8-4-15(5-9-17)13-22-18-10-6-16(7-11-18)19-14-24-12-2-1-3-20(24)23-19/h1-14H. The fourth-order valence-corrected chi connectivity index (χ4v) is 2.62. The highest BCUT2D eigenvalue weighted by Gasteiger charge is 2.03. The summed E-state index contributed by atoms with van der Waals surface area (Å²) >= 11 is 5.88. The molecule has 0 bridgehead atoms. The van der Waals surface area contributed by atoms with Crippen LogP contribution in [-0.2, 0) is 0 Å². The third-order valence-corrected chi connectivity index (χ3v) is 4.01. The SMILES string of the molecule is Clc1ccc(C=Nc2ccc(-c3cn4ccccc4n3)cc2)cc1. The second-order valence-electron chi connectivity index (χ2n) is 5.45. The molecule has 0 fully saturated rings. The number of nitrogens with zero attached hydrogens (tertiary/aromatic N) is 3. The number of imidazole rings is 1. The molecule has 0 aliphatic rings. The van der Waals surface area contributed by atoms with Crippen LogP contribution in [0.3, 0.4) is 0 Å². The topological polar surface area (TPSA) is 29.7 Å². The lowest BCUT2D eigenvalue weighted by atomic mass is 10.1. The van der Waals surface area contributed by atoms with Gasteiger partial charge < -0.3 is 4.40 Å². The largest absolute Gasteiger partial charge is 0.306 e. The molecule has 0 atom stereocenters. The summed E-state index contributed by atoms with van der Waals surface area (Å²) in [5.74, 6) is 0. The predicted octanol–water partition coefficient (Wildman–Crippen LogP) is 5.41. The highest BCUT2D eigenvalue weighted by molar-refractivity contribution is 6.30. The summed E-state index contributed by atoms with van der Waals surface area (Å²) in [5.41, 5.74) is 4.89. The van der Waals surface area contributed by atoms with Crippen LogP contribution in [0.4, 0.5) is 5.69 Å². The van der Waals surface area contributed by atoms with Gasteiger partial charge in [-0.25, -0.2) is 4.98 Å². The van der Waals surface area contributed by atoms with Crippen molar-refractivity contribution in [3.63, 3.8) is 0 Å².